The summed E-state index contributed by atoms with van der Waals surface area (Å²) in [5.41, 5.74) is 9.12. The van der Waals surface area contributed by atoms with E-state index in [4.69, 9.17) is 10.7 Å². The maximum atomic E-state index is 9.48. The number of pyridine rings is 1. The van der Waals surface area contributed by atoms with Crippen molar-refractivity contribution in [1.29, 1.82) is 5.26 Å². The van der Waals surface area contributed by atoms with Gasteiger partial charge in [0.25, 0.3) is 0 Å². The van der Waals surface area contributed by atoms with E-state index in [0.717, 1.165) is 43.5 Å². The van der Waals surface area contributed by atoms with Gasteiger partial charge in [0.1, 0.15) is 11.9 Å². The molecule has 0 amide bonds. The van der Waals surface area contributed by atoms with Crippen molar-refractivity contribution in [1.82, 2.24) is 4.98 Å². The van der Waals surface area contributed by atoms with Crippen LogP contribution in [0.2, 0.25) is 0 Å². The van der Waals surface area contributed by atoms with E-state index >= 15 is 0 Å². The highest BCUT2D eigenvalue weighted by Gasteiger charge is 2.31. The van der Waals surface area contributed by atoms with Crippen LogP contribution in [0.5, 0.6) is 0 Å². The summed E-state index contributed by atoms with van der Waals surface area (Å²) in [4.78, 5) is 7.15. The molecule has 20 heavy (non-hydrogen) atoms. The molecule has 2 unspecified atom stereocenters. The second kappa shape index (κ2) is 5.41. The summed E-state index contributed by atoms with van der Waals surface area (Å²) in [6, 6.07) is 5.13. The Bertz CT molecular complexity index is 546. The first-order chi connectivity index (χ1) is 9.74. The SMILES string of the molecule is CC1CCCC(CN)N1c1nc2c(cc1C#N)CCC2. The summed E-state index contributed by atoms with van der Waals surface area (Å²) in [5.74, 6) is 0.871. The number of fused-ring (bicyclic) bond motifs is 1. The Morgan fingerprint density at radius 3 is 3.00 bits per heavy atom. The number of hydrogen-bond acceptors (Lipinski definition) is 4. The van der Waals surface area contributed by atoms with Crippen molar-refractivity contribution in [3.63, 3.8) is 0 Å². The van der Waals surface area contributed by atoms with Crippen molar-refractivity contribution >= 4 is 5.82 Å². The molecular weight excluding hydrogens is 248 g/mol. The molecule has 2 aliphatic rings. The zero-order chi connectivity index (χ0) is 14.1. The van der Waals surface area contributed by atoms with Gasteiger partial charge in [-0.25, -0.2) is 4.98 Å². The molecule has 1 saturated heterocycles. The minimum atomic E-state index is 0.317. The van der Waals surface area contributed by atoms with Crippen molar-refractivity contribution in [2.45, 2.75) is 57.5 Å². The highest BCUT2D eigenvalue weighted by atomic mass is 15.3. The number of aryl methyl sites for hydroxylation is 2. The third-order valence-corrected chi connectivity index (χ3v) is 4.70. The monoisotopic (exact) mass is 270 g/mol. The Kier molecular flexibility index (Phi) is 3.62. The Hall–Kier alpha value is -1.60. The second-order valence-electron chi connectivity index (χ2n) is 6.01. The van der Waals surface area contributed by atoms with Gasteiger partial charge in [-0.05, 0) is 57.1 Å². The minimum Gasteiger partial charge on any atom is -0.349 e. The van der Waals surface area contributed by atoms with Crippen molar-refractivity contribution < 1.29 is 0 Å². The van der Waals surface area contributed by atoms with E-state index in [2.05, 4.69) is 24.0 Å². The minimum absolute atomic E-state index is 0.317. The van der Waals surface area contributed by atoms with Gasteiger partial charge in [0.05, 0.1) is 5.56 Å². The zero-order valence-electron chi connectivity index (χ0n) is 12.1. The van der Waals surface area contributed by atoms with Gasteiger partial charge in [-0.1, -0.05) is 0 Å². The molecule has 0 aromatic carbocycles. The number of aromatic nitrogens is 1. The molecule has 1 aromatic rings. The van der Waals surface area contributed by atoms with E-state index in [1.807, 2.05) is 0 Å². The van der Waals surface area contributed by atoms with Crippen LogP contribution in [0.15, 0.2) is 6.07 Å². The Morgan fingerprint density at radius 1 is 1.40 bits per heavy atom. The molecule has 3 rings (SSSR count). The molecule has 2 atom stereocenters. The number of anilines is 1. The molecule has 1 aliphatic heterocycles. The molecule has 0 radical (unpaired) electrons. The summed E-state index contributed by atoms with van der Waals surface area (Å²) < 4.78 is 0. The number of nitrogens with two attached hydrogens (primary N) is 1. The first-order valence-electron chi connectivity index (χ1n) is 7.66. The van der Waals surface area contributed by atoms with Gasteiger partial charge in [0.2, 0.25) is 0 Å². The molecule has 2 N–H and O–H groups in total. The molecule has 0 spiro atoms. The van der Waals surface area contributed by atoms with Gasteiger partial charge >= 0.3 is 0 Å². The van der Waals surface area contributed by atoms with Crippen LogP contribution in [0.25, 0.3) is 0 Å². The maximum Gasteiger partial charge on any atom is 0.147 e. The van der Waals surface area contributed by atoms with Gasteiger partial charge in [0.15, 0.2) is 0 Å². The first kappa shape index (κ1) is 13.4. The van der Waals surface area contributed by atoms with E-state index in [1.165, 1.54) is 17.7 Å². The maximum absolute atomic E-state index is 9.48. The van der Waals surface area contributed by atoms with Gasteiger partial charge in [-0.2, -0.15) is 5.26 Å². The summed E-state index contributed by atoms with van der Waals surface area (Å²) >= 11 is 0. The predicted molar refractivity (Wildman–Crippen MR) is 79.6 cm³/mol. The van der Waals surface area contributed by atoms with E-state index in [9.17, 15) is 5.26 Å². The lowest BCUT2D eigenvalue weighted by atomic mass is 9.95. The third kappa shape index (κ3) is 2.16. The van der Waals surface area contributed by atoms with Crippen LogP contribution in [0.3, 0.4) is 0 Å². The topological polar surface area (TPSA) is 65.9 Å². The average molecular weight is 270 g/mol. The van der Waals surface area contributed by atoms with Crippen LogP contribution in [-0.4, -0.2) is 23.6 Å². The van der Waals surface area contributed by atoms with Crippen LogP contribution in [0.4, 0.5) is 5.82 Å². The molecule has 0 saturated carbocycles. The molecule has 4 nitrogen and oxygen atoms in total. The highest BCUT2D eigenvalue weighted by Crippen LogP contribution is 2.33. The van der Waals surface area contributed by atoms with E-state index in [1.54, 1.807) is 0 Å². The fourth-order valence-electron chi connectivity index (χ4n) is 3.64. The number of hydrogen-bond donors (Lipinski definition) is 1. The van der Waals surface area contributed by atoms with Crippen molar-refractivity contribution in [3.8, 4) is 6.07 Å². The summed E-state index contributed by atoms with van der Waals surface area (Å²) in [6.07, 6.45) is 6.74. The normalized spacial score (nSPS) is 25.4. The van der Waals surface area contributed by atoms with Gasteiger partial charge < -0.3 is 10.6 Å². The standard InChI is InChI=1S/C16H22N4/c1-11-4-2-6-14(10-18)20(11)16-13(9-17)8-12-5-3-7-15(12)19-16/h8,11,14H,2-7,10,18H2,1H3. The van der Waals surface area contributed by atoms with E-state index in [-0.39, 0.29) is 0 Å². The number of nitriles is 1. The van der Waals surface area contributed by atoms with Crippen molar-refractivity contribution in [2.75, 3.05) is 11.4 Å². The van der Waals surface area contributed by atoms with Crippen molar-refractivity contribution in [3.05, 3.63) is 22.9 Å². The van der Waals surface area contributed by atoms with Gasteiger partial charge in [0, 0.05) is 24.3 Å². The van der Waals surface area contributed by atoms with E-state index < -0.39 is 0 Å². The second-order valence-corrected chi connectivity index (χ2v) is 6.01. The predicted octanol–water partition coefficient (Wildman–Crippen LogP) is 2.15. The van der Waals surface area contributed by atoms with Crippen LogP contribution < -0.4 is 10.6 Å². The lowest BCUT2D eigenvalue weighted by molar-refractivity contribution is 0.397. The number of nitrogens with zero attached hydrogens (tertiary/aromatic N) is 3. The van der Waals surface area contributed by atoms with E-state index in [0.29, 0.717) is 18.6 Å². The fraction of sp³-hybridized carbons (Fsp3) is 0.625. The number of piperidine rings is 1. The molecule has 4 heteroatoms. The smallest absolute Gasteiger partial charge is 0.147 e. The first-order valence-corrected chi connectivity index (χ1v) is 7.66. The summed E-state index contributed by atoms with van der Waals surface area (Å²) in [7, 11) is 0. The quantitative estimate of drug-likeness (QED) is 0.894. The van der Waals surface area contributed by atoms with Gasteiger partial charge in [-0.15, -0.1) is 0 Å². The molecular formula is C16H22N4. The molecule has 106 valence electrons. The molecule has 2 heterocycles. The lowest BCUT2D eigenvalue weighted by Crippen LogP contribution is -2.49. The molecule has 1 aromatic heterocycles. The van der Waals surface area contributed by atoms with Gasteiger partial charge in [-0.3, -0.25) is 0 Å². The van der Waals surface area contributed by atoms with Crippen LogP contribution in [0, 0.1) is 11.3 Å². The van der Waals surface area contributed by atoms with Crippen LogP contribution in [-0.2, 0) is 12.8 Å². The highest BCUT2D eigenvalue weighted by molar-refractivity contribution is 5.58. The van der Waals surface area contributed by atoms with Crippen molar-refractivity contribution in [2.24, 2.45) is 5.73 Å². The average Bonchev–Trinajstić information content (AvgIpc) is 2.92. The van der Waals surface area contributed by atoms with Crippen LogP contribution >= 0.6 is 0 Å². The summed E-state index contributed by atoms with van der Waals surface area (Å²) in [6.45, 7) is 2.85. The molecule has 1 aliphatic carbocycles. The zero-order valence-corrected chi connectivity index (χ0v) is 12.1. The van der Waals surface area contributed by atoms with Crippen LogP contribution in [0.1, 0.15) is 49.4 Å². The Balaban J connectivity index is 2.05. The fourth-order valence-corrected chi connectivity index (χ4v) is 3.64. The number of rotatable bonds is 2. The summed E-state index contributed by atoms with van der Waals surface area (Å²) in [5, 5.41) is 9.48. The third-order valence-electron chi connectivity index (χ3n) is 4.70. The Morgan fingerprint density at radius 2 is 2.25 bits per heavy atom. The largest absolute Gasteiger partial charge is 0.349 e. The lowest BCUT2D eigenvalue weighted by Gasteiger charge is -2.41. The Labute approximate surface area is 120 Å². The molecule has 1 fully saturated rings. The molecule has 0 bridgehead atoms.